The monoisotopic (exact) mass is 261 g/mol. The highest BCUT2D eigenvalue weighted by Crippen LogP contribution is 2.17. The lowest BCUT2D eigenvalue weighted by Crippen LogP contribution is -1.99. The molecule has 2 rings (SSSR count). The highest BCUT2D eigenvalue weighted by Gasteiger charge is 2.03. The van der Waals surface area contributed by atoms with E-state index >= 15 is 0 Å². The molecule has 1 aromatic carbocycles. The molecule has 0 aliphatic rings. The van der Waals surface area contributed by atoms with E-state index in [4.69, 9.17) is 5.26 Å². The van der Waals surface area contributed by atoms with Gasteiger partial charge in [-0.05, 0) is 24.6 Å². The third kappa shape index (κ3) is 3.05. The van der Waals surface area contributed by atoms with Crippen molar-refractivity contribution in [2.24, 2.45) is 0 Å². The fraction of sp³-hybridized carbons (Fsp3) is 0.231. The number of nitrogens with zero attached hydrogens (tertiary/aromatic N) is 2. The van der Waals surface area contributed by atoms with Crippen LogP contribution >= 0.6 is 11.3 Å². The maximum atomic E-state index is 13.2. The first-order chi connectivity index (χ1) is 8.71. The van der Waals surface area contributed by atoms with E-state index in [1.54, 1.807) is 17.4 Å². The zero-order chi connectivity index (χ0) is 13.0. The van der Waals surface area contributed by atoms with Gasteiger partial charge >= 0.3 is 0 Å². The van der Waals surface area contributed by atoms with Crippen LogP contribution in [0.25, 0.3) is 0 Å². The number of rotatable bonds is 4. The van der Waals surface area contributed by atoms with Crippen LogP contribution in [0, 0.1) is 17.1 Å². The summed E-state index contributed by atoms with van der Waals surface area (Å²) in [5, 5.41) is 12.8. The fourth-order valence-electron chi connectivity index (χ4n) is 1.53. The Morgan fingerprint density at radius 2 is 2.28 bits per heavy atom. The molecule has 0 fully saturated rings. The Labute approximate surface area is 109 Å². The lowest BCUT2D eigenvalue weighted by atomic mass is 10.2. The summed E-state index contributed by atoms with van der Waals surface area (Å²) in [6.45, 7) is 2.62. The summed E-state index contributed by atoms with van der Waals surface area (Å²) in [6, 6.07) is 6.13. The molecule has 0 saturated carbocycles. The minimum Gasteiger partial charge on any atom is -0.378 e. The molecule has 1 heterocycles. The Morgan fingerprint density at radius 1 is 1.44 bits per heavy atom. The van der Waals surface area contributed by atoms with Crippen LogP contribution in [-0.4, -0.2) is 4.98 Å². The molecule has 0 spiro atoms. The summed E-state index contributed by atoms with van der Waals surface area (Å²) in [5.74, 6) is -0.412. The van der Waals surface area contributed by atoms with Crippen LogP contribution in [0.5, 0.6) is 0 Å². The molecule has 18 heavy (non-hydrogen) atoms. The molecule has 0 amide bonds. The van der Waals surface area contributed by atoms with Crippen molar-refractivity contribution in [1.82, 2.24) is 4.98 Å². The lowest BCUT2D eigenvalue weighted by molar-refractivity contribution is 0.627. The van der Waals surface area contributed by atoms with E-state index in [2.05, 4.69) is 17.2 Å². The molecule has 0 atom stereocenters. The third-order valence-corrected chi connectivity index (χ3v) is 3.56. The smallest absolute Gasteiger partial charge is 0.126 e. The number of aryl methyl sites for hydroxylation is 1. The van der Waals surface area contributed by atoms with Crippen LogP contribution < -0.4 is 5.32 Å². The summed E-state index contributed by atoms with van der Waals surface area (Å²) in [4.78, 5) is 5.49. The number of hydrogen-bond acceptors (Lipinski definition) is 4. The Hall–Kier alpha value is -1.93. The molecule has 0 aliphatic carbocycles. The minimum atomic E-state index is -0.412. The zero-order valence-electron chi connectivity index (χ0n) is 9.90. The maximum Gasteiger partial charge on any atom is 0.126 e. The van der Waals surface area contributed by atoms with Crippen LogP contribution in [0.2, 0.25) is 0 Å². The number of halogens is 1. The Kier molecular flexibility index (Phi) is 3.90. The SMILES string of the molecule is CCc1cnc(CNc2cc(F)cc(C#N)c2)s1. The molecule has 5 heteroatoms. The summed E-state index contributed by atoms with van der Waals surface area (Å²) in [5.41, 5.74) is 0.908. The van der Waals surface area contributed by atoms with E-state index in [1.165, 1.54) is 17.0 Å². The zero-order valence-corrected chi connectivity index (χ0v) is 10.7. The van der Waals surface area contributed by atoms with Gasteiger partial charge in [-0.25, -0.2) is 9.37 Å². The first-order valence-electron chi connectivity index (χ1n) is 5.59. The quantitative estimate of drug-likeness (QED) is 0.918. The van der Waals surface area contributed by atoms with E-state index in [0.29, 0.717) is 17.8 Å². The van der Waals surface area contributed by atoms with Gasteiger partial charge in [0, 0.05) is 16.8 Å². The molecule has 1 N–H and O–H groups in total. The summed E-state index contributed by atoms with van der Waals surface area (Å²) in [7, 11) is 0. The molecule has 0 saturated heterocycles. The predicted molar refractivity (Wildman–Crippen MR) is 69.9 cm³/mol. The minimum absolute atomic E-state index is 0.311. The first-order valence-corrected chi connectivity index (χ1v) is 6.41. The number of nitrogens with one attached hydrogen (secondary N) is 1. The van der Waals surface area contributed by atoms with E-state index in [1.807, 2.05) is 12.3 Å². The highest BCUT2D eigenvalue weighted by molar-refractivity contribution is 7.11. The van der Waals surface area contributed by atoms with Gasteiger partial charge in [0.1, 0.15) is 10.8 Å². The van der Waals surface area contributed by atoms with Crippen molar-refractivity contribution in [2.75, 3.05) is 5.32 Å². The molecule has 0 unspecified atom stereocenters. The molecule has 92 valence electrons. The van der Waals surface area contributed by atoms with Crippen molar-refractivity contribution in [1.29, 1.82) is 5.26 Å². The highest BCUT2D eigenvalue weighted by atomic mass is 32.1. The number of hydrogen-bond donors (Lipinski definition) is 1. The third-order valence-electron chi connectivity index (χ3n) is 2.42. The molecule has 2 aromatic rings. The van der Waals surface area contributed by atoms with Gasteiger partial charge in [-0.2, -0.15) is 5.26 Å². The van der Waals surface area contributed by atoms with Crippen molar-refractivity contribution < 1.29 is 4.39 Å². The first kappa shape index (κ1) is 12.5. The number of aromatic nitrogens is 1. The van der Waals surface area contributed by atoms with E-state index in [9.17, 15) is 4.39 Å². The molecule has 0 radical (unpaired) electrons. The Balaban J connectivity index is 2.06. The van der Waals surface area contributed by atoms with Gasteiger partial charge in [0.25, 0.3) is 0 Å². The number of benzene rings is 1. The Bertz CT molecular complexity index is 586. The molecule has 3 nitrogen and oxygen atoms in total. The van der Waals surface area contributed by atoms with Gasteiger partial charge < -0.3 is 5.32 Å². The largest absolute Gasteiger partial charge is 0.378 e. The lowest BCUT2D eigenvalue weighted by Gasteiger charge is -2.04. The van der Waals surface area contributed by atoms with Crippen LogP contribution in [0.15, 0.2) is 24.4 Å². The van der Waals surface area contributed by atoms with Gasteiger partial charge in [-0.15, -0.1) is 11.3 Å². The van der Waals surface area contributed by atoms with Crippen molar-refractivity contribution in [3.8, 4) is 6.07 Å². The van der Waals surface area contributed by atoms with Gasteiger partial charge in [0.05, 0.1) is 18.2 Å². The van der Waals surface area contributed by atoms with Gasteiger partial charge in [-0.1, -0.05) is 6.92 Å². The topological polar surface area (TPSA) is 48.7 Å². The fourth-order valence-corrected chi connectivity index (χ4v) is 2.33. The van der Waals surface area contributed by atoms with Crippen LogP contribution in [-0.2, 0) is 13.0 Å². The Morgan fingerprint density at radius 3 is 2.94 bits per heavy atom. The predicted octanol–water partition coefficient (Wildman–Crippen LogP) is 3.33. The van der Waals surface area contributed by atoms with Crippen molar-refractivity contribution in [3.63, 3.8) is 0 Å². The van der Waals surface area contributed by atoms with Crippen molar-refractivity contribution >= 4 is 17.0 Å². The van der Waals surface area contributed by atoms with Gasteiger partial charge in [-0.3, -0.25) is 0 Å². The van der Waals surface area contributed by atoms with Gasteiger partial charge in [0.2, 0.25) is 0 Å². The number of nitriles is 1. The van der Waals surface area contributed by atoms with E-state index in [-0.39, 0.29) is 0 Å². The second kappa shape index (κ2) is 5.61. The second-order valence-corrected chi connectivity index (χ2v) is 4.97. The van der Waals surface area contributed by atoms with Crippen molar-refractivity contribution in [2.45, 2.75) is 19.9 Å². The van der Waals surface area contributed by atoms with Gasteiger partial charge in [0.15, 0.2) is 0 Å². The van der Waals surface area contributed by atoms with Crippen molar-refractivity contribution in [3.05, 3.63) is 45.7 Å². The van der Waals surface area contributed by atoms with E-state index in [0.717, 1.165) is 11.4 Å². The second-order valence-electron chi connectivity index (χ2n) is 3.77. The van der Waals surface area contributed by atoms with E-state index < -0.39 is 5.82 Å². The summed E-state index contributed by atoms with van der Waals surface area (Å²) < 4.78 is 13.2. The maximum absolute atomic E-state index is 13.2. The molecular formula is C13H12FN3S. The normalized spacial score (nSPS) is 10.1. The number of anilines is 1. The molecule has 0 aliphatic heterocycles. The van der Waals surface area contributed by atoms with Crippen LogP contribution in [0.1, 0.15) is 22.4 Å². The van der Waals surface area contributed by atoms with Crippen LogP contribution in [0.3, 0.4) is 0 Å². The average molecular weight is 261 g/mol. The molecule has 1 aromatic heterocycles. The van der Waals surface area contributed by atoms with Crippen LogP contribution in [0.4, 0.5) is 10.1 Å². The summed E-state index contributed by atoms with van der Waals surface area (Å²) in [6.07, 6.45) is 2.82. The summed E-state index contributed by atoms with van der Waals surface area (Å²) >= 11 is 1.63. The molecular weight excluding hydrogens is 249 g/mol. The standard InChI is InChI=1S/C13H12FN3S/c1-2-12-7-17-13(18-12)8-16-11-4-9(6-15)3-10(14)5-11/h3-5,7,16H,2,8H2,1H3. The molecule has 0 bridgehead atoms. The average Bonchev–Trinajstić information content (AvgIpc) is 2.83. The number of thiazole rings is 1.